The molecule has 0 saturated carbocycles. The molecule has 0 spiro atoms. The molecule has 4 nitrogen and oxygen atoms in total. The van der Waals surface area contributed by atoms with Crippen LogP contribution in [0.1, 0.15) is 0 Å². The molecule has 0 aromatic rings. The minimum atomic E-state index is -0.702. The Morgan fingerprint density at radius 2 is 0.938 bits per heavy atom. The smallest absolute Gasteiger partial charge is 0.0802 e. The van der Waals surface area contributed by atoms with E-state index in [1.165, 1.54) is 0 Å². The number of aliphatic hydroxyl groups is 3. The predicted molar refractivity (Wildman–Crippen MR) is 66.6 cm³/mol. The van der Waals surface area contributed by atoms with Crippen LogP contribution in [-0.2, 0) is 0 Å². The van der Waals surface area contributed by atoms with Gasteiger partial charge < -0.3 is 15.3 Å². The number of alkyl halides is 3. The van der Waals surface area contributed by atoms with Crippen LogP contribution in [0.2, 0.25) is 0 Å². The highest BCUT2D eigenvalue weighted by Gasteiger charge is 2.17. The highest BCUT2D eigenvalue weighted by molar-refractivity contribution is 6.18. The summed E-state index contributed by atoms with van der Waals surface area (Å²) in [6, 6.07) is 0. The summed E-state index contributed by atoms with van der Waals surface area (Å²) in [4.78, 5) is 1.69. The zero-order chi connectivity index (χ0) is 12.6. The molecule has 0 amide bonds. The first-order chi connectivity index (χ1) is 7.53. The van der Waals surface area contributed by atoms with E-state index in [1.54, 1.807) is 4.90 Å². The molecule has 98 valence electrons. The molecule has 0 aliphatic rings. The van der Waals surface area contributed by atoms with Crippen molar-refractivity contribution in [3.05, 3.63) is 0 Å². The molecule has 0 aromatic carbocycles. The fourth-order valence-corrected chi connectivity index (χ4v) is 1.56. The summed E-state index contributed by atoms with van der Waals surface area (Å²) in [5.41, 5.74) is 0. The third kappa shape index (κ3) is 7.90. The lowest BCUT2D eigenvalue weighted by Gasteiger charge is -2.27. The van der Waals surface area contributed by atoms with Gasteiger partial charge in [-0.2, -0.15) is 0 Å². The first-order valence-corrected chi connectivity index (χ1v) is 6.58. The molecule has 0 radical (unpaired) electrons. The molecule has 0 bridgehead atoms. The number of hydrogen-bond donors (Lipinski definition) is 3. The number of aliphatic hydroxyl groups excluding tert-OH is 3. The largest absolute Gasteiger partial charge is 0.391 e. The second kappa shape index (κ2) is 9.71. The topological polar surface area (TPSA) is 63.9 Å². The molecule has 0 heterocycles. The van der Waals surface area contributed by atoms with Gasteiger partial charge in [0.25, 0.3) is 0 Å². The van der Waals surface area contributed by atoms with Gasteiger partial charge in [-0.25, -0.2) is 0 Å². The zero-order valence-corrected chi connectivity index (χ0v) is 11.2. The van der Waals surface area contributed by atoms with Crippen molar-refractivity contribution >= 4 is 34.8 Å². The van der Waals surface area contributed by atoms with E-state index < -0.39 is 18.3 Å². The minimum absolute atomic E-state index is 0.102. The summed E-state index contributed by atoms with van der Waals surface area (Å²) >= 11 is 16.4. The lowest BCUT2D eigenvalue weighted by atomic mass is 10.2. The standard InChI is InChI=1S/C9H18Cl3NO3/c10-1-7(14)4-13(5-8(15)2-11)6-9(16)3-12/h7-9,14-16H,1-6H2/t7-,8-,9-/m1/s1. The quantitative estimate of drug-likeness (QED) is 0.527. The molecular weight excluding hydrogens is 276 g/mol. The highest BCUT2D eigenvalue weighted by Crippen LogP contribution is 2.02. The van der Waals surface area contributed by atoms with Crippen LogP contribution in [0.3, 0.4) is 0 Å². The first-order valence-electron chi connectivity index (χ1n) is 4.97. The number of halogens is 3. The van der Waals surface area contributed by atoms with Crippen LogP contribution in [0.25, 0.3) is 0 Å². The van der Waals surface area contributed by atoms with Crippen LogP contribution in [-0.4, -0.2) is 75.8 Å². The summed E-state index contributed by atoms with van der Waals surface area (Å²) < 4.78 is 0. The van der Waals surface area contributed by atoms with E-state index in [4.69, 9.17) is 34.8 Å². The normalized spacial score (nSPS) is 17.4. The van der Waals surface area contributed by atoms with Gasteiger partial charge in [0, 0.05) is 37.3 Å². The molecule has 0 rings (SSSR count). The fraction of sp³-hybridized carbons (Fsp3) is 1.00. The SMILES string of the molecule is O[C@H](CCl)CN(C[C@H](O)CCl)C[C@H](O)CCl. The molecule has 0 aliphatic carbocycles. The van der Waals surface area contributed by atoms with Gasteiger partial charge in [-0.1, -0.05) is 0 Å². The van der Waals surface area contributed by atoms with Gasteiger partial charge in [0.15, 0.2) is 0 Å². The van der Waals surface area contributed by atoms with Crippen LogP contribution in [0.15, 0.2) is 0 Å². The van der Waals surface area contributed by atoms with Gasteiger partial charge >= 0.3 is 0 Å². The average Bonchev–Trinajstić information content (AvgIpc) is 2.28. The van der Waals surface area contributed by atoms with Crippen molar-refractivity contribution in [2.75, 3.05) is 37.3 Å². The summed E-state index contributed by atoms with van der Waals surface area (Å²) in [7, 11) is 0. The van der Waals surface area contributed by atoms with E-state index in [0.29, 0.717) is 0 Å². The van der Waals surface area contributed by atoms with Crippen molar-refractivity contribution < 1.29 is 15.3 Å². The van der Waals surface area contributed by atoms with Crippen molar-refractivity contribution in [3.63, 3.8) is 0 Å². The molecule has 0 saturated heterocycles. The predicted octanol–water partition coefficient (Wildman–Crippen LogP) is 0.0875. The molecule has 16 heavy (non-hydrogen) atoms. The van der Waals surface area contributed by atoms with E-state index in [-0.39, 0.29) is 37.3 Å². The Labute approximate surface area is 111 Å². The van der Waals surface area contributed by atoms with Crippen LogP contribution < -0.4 is 0 Å². The van der Waals surface area contributed by atoms with Crippen LogP contribution >= 0.6 is 34.8 Å². The van der Waals surface area contributed by atoms with E-state index >= 15 is 0 Å². The Kier molecular flexibility index (Phi) is 10.1. The zero-order valence-electron chi connectivity index (χ0n) is 8.90. The molecule has 0 unspecified atom stereocenters. The first kappa shape index (κ1) is 16.7. The van der Waals surface area contributed by atoms with E-state index in [9.17, 15) is 15.3 Å². The molecule has 0 aliphatic heterocycles. The number of hydrogen-bond acceptors (Lipinski definition) is 4. The Hall–Kier alpha value is 0.710. The Bertz CT molecular complexity index is 148. The minimum Gasteiger partial charge on any atom is -0.391 e. The second-order valence-electron chi connectivity index (χ2n) is 3.64. The fourth-order valence-electron chi connectivity index (χ4n) is 1.26. The Balaban J connectivity index is 4.15. The van der Waals surface area contributed by atoms with Crippen molar-refractivity contribution in [1.82, 2.24) is 4.90 Å². The molecule has 0 fully saturated rings. The second-order valence-corrected chi connectivity index (χ2v) is 4.57. The monoisotopic (exact) mass is 293 g/mol. The van der Waals surface area contributed by atoms with Crippen LogP contribution in [0.4, 0.5) is 0 Å². The van der Waals surface area contributed by atoms with Crippen LogP contribution in [0, 0.1) is 0 Å². The van der Waals surface area contributed by atoms with Gasteiger partial charge in [-0.3, -0.25) is 4.90 Å². The van der Waals surface area contributed by atoms with Gasteiger partial charge in [-0.05, 0) is 0 Å². The van der Waals surface area contributed by atoms with Gasteiger partial charge in [0.1, 0.15) is 0 Å². The summed E-state index contributed by atoms with van der Waals surface area (Å²) in [6.07, 6.45) is -2.11. The molecular formula is C9H18Cl3NO3. The number of nitrogens with zero attached hydrogens (tertiary/aromatic N) is 1. The lowest BCUT2D eigenvalue weighted by Crippen LogP contribution is -2.43. The Morgan fingerprint density at radius 1 is 0.688 bits per heavy atom. The molecule has 0 aromatic heterocycles. The van der Waals surface area contributed by atoms with Crippen molar-refractivity contribution in [2.45, 2.75) is 18.3 Å². The highest BCUT2D eigenvalue weighted by atomic mass is 35.5. The molecule has 3 atom stereocenters. The third-order valence-electron chi connectivity index (χ3n) is 1.94. The lowest BCUT2D eigenvalue weighted by molar-refractivity contribution is 0.0556. The van der Waals surface area contributed by atoms with Crippen molar-refractivity contribution in [1.29, 1.82) is 0 Å². The molecule has 3 N–H and O–H groups in total. The maximum absolute atomic E-state index is 9.40. The third-order valence-corrected chi connectivity index (χ3v) is 3.01. The van der Waals surface area contributed by atoms with Crippen molar-refractivity contribution in [2.24, 2.45) is 0 Å². The number of rotatable bonds is 9. The average molecular weight is 295 g/mol. The van der Waals surface area contributed by atoms with E-state index in [0.717, 1.165) is 0 Å². The maximum Gasteiger partial charge on any atom is 0.0802 e. The summed E-state index contributed by atoms with van der Waals surface area (Å²) in [5, 5.41) is 28.2. The van der Waals surface area contributed by atoms with Gasteiger partial charge in [0.05, 0.1) is 18.3 Å². The molecule has 7 heteroatoms. The Morgan fingerprint density at radius 3 is 1.12 bits per heavy atom. The van der Waals surface area contributed by atoms with Crippen molar-refractivity contribution in [3.8, 4) is 0 Å². The summed E-state index contributed by atoms with van der Waals surface area (Å²) in [6.45, 7) is 0.808. The van der Waals surface area contributed by atoms with Crippen LogP contribution in [0.5, 0.6) is 0 Å². The van der Waals surface area contributed by atoms with Gasteiger partial charge in [0.2, 0.25) is 0 Å². The van der Waals surface area contributed by atoms with E-state index in [2.05, 4.69) is 0 Å². The van der Waals surface area contributed by atoms with E-state index in [1.807, 2.05) is 0 Å². The maximum atomic E-state index is 9.40. The van der Waals surface area contributed by atoms with Gasteiger partial charge in [-0.15, -0.1) is 34.8 Å². The summed E-state index contributed by atoms with van der Waals surface area (Å²) in [5.74, 6) is 0.305.